The lowest BCUT2D eigenvalue weighted by atomic mass is 9.83. The summed E-state index contributed by atoms with van der Waals surface area (Å²) in [5.41, 5.74) is 1.88. The Bertz CT molecular complexity index is 412. The molecule has 1 heterocycles. The van der Waals surface area contributed by atoms with Crippen LogP contribution < -0.4 is 0 Å². The summed E-state index contributed by atoms with van der Waals surface area (Å²) in [5.74, 6) is 0.489. The average Bonchev–Trinajstić information content (AvgIpc) is 2.28. The van der Waals surface area contributed by atoms with Crippen molar-refractivity contribution in [2.75, 3.05) is 20.1 Å². The second-order valence-corrected chi connectivity index (χ2v) is 6.57. The standard InChI is InChI=1S/C16H24FN/c1-16(2,3)14-6-5-13(11-15(14)17)12-7-9-18(4)10-8-12/h5-6,11-12H,7-10H2,1-4H3. The first-order valence-corrected chi connectivity index (χ1v) is 6.86. The second kappa shape index (κ2) is 5.00. The summed E-state index contributed by atoms with van der Waals surface area (Å²) in [5, 5.41) is 0. The Kier molecular flexibility index (Phi) is 3.76. The quantitative estimate of drug-likeness (QED) is 0.729. The van der Waals surface area contributed by atoms with Gasteiger partial charge in [0.15, 0.2) is 0 Å². The minimum absolute atomic E-state index is 0.0427. The number of nitrogens with zero attached hydrogens (tertiary/aromatic N) is 1. The summed E-state index contributed by atoms with van der Waals surface area (Å²) in [6.07, 6.45) is 2.29. The van der Waals surface area contributed by atoms with Gasteiger partial charge in [-0.2, -0.15) is 0 Å². The van der Waals surface area contributed by atoms with Gasteiger partial charge in [0.2, 0.25) is 0 Å². The molecular formula is C16H24FN. The van der Waals surface area contributed by atoms with Gasteiger partial charge >= 0.3 is 0 Å². The number of halogens is 1. The van der Waals surface area contributed by atoms with Crippen LogP contribution in [0.15, 0.2) is 18.2 Å². The molecular weight excluding hydrogens is 225 g/mol. The maximum Gasteiger partial charge on any atom is 0.127 e. The van der Waals surface area contributed by atoms with Crippen molar-refractivity contribution in [1.29, 1.82) is 0 Å². The summed E-state index contributed by atoms with van der Waals surface area (Å²) in [6, 6.07) is 5.86. The summed E-state index contributed by atoms with van der Waals surface area (Å²) in [6.45, 7) is 8.41. The molecule has 0 radical (unpaired) electrons. The average molecular weight is 249 g/mol. The van der Waals surface area contributed by atoms with Crippen molar-refractivity contribution in [3.05, 3.63) is 35.1 Å². The predicted octanol–water partition coefficient (Wildman–Crippen LogP) is 3.93. The van der Waals surface area contributed by atoms with Gasteiger partial charge in [-0.05, 0) is 61.5 Å². The van der Waals surface area contributed by atoms with Crippen molar-refractivity contribution in [3.8, 4) is 0 Å². The predicted molar refractivity (Wildman–Crippen MR) is 74.6 cm³/mol. The third-order valence-electron chi connectivity index (χ3n) is 3.99. The van der Waals surface area contributed by atoms with E-state index < -0.39 is 0 Å². The Labute approximate surface area is 110 Å². The van der Waals surface area contributed by atoms with E-state index in [1.54, 1.807) is 6.07 Å². The highest BCUT2D eigenvalue weighted by molar-refractivity contribution is 5.31. The molecule has 100 valence electrons. The highest BCUT2D eigenvalue weighted by Crippen LogP contribution is 2.31. The maximum absolute atomic E-state index is 14.2. The van der Waals surface area contributed by atoms with Gasteiger partial charge in [-0.15, -0.1) is 0 Å². The summed E-state index contributed by atoms with van der Waals surface area (Å²) in [7, 11) is 2.15. The minimum atomic E-state index is -0.116. The summed E-state index contributed by atoms with van der Waals surface area (Å²) >= 11 is 0. The number of benzene rings is 1. The van der Waals surface area contributed by atoms with Crippen molar-refractivity contribution in [2.24, 2.45) is 0 Å². The van der Waals surface area contributed by atoms with Crippen LogP contribution in [0.3, 0.4) is 0 Å². The van der Waals surface area contributed by atoms with E-state index in [2.05, 4.69) is 38.8 Å². The number of hydrogen-bond acceptors (Lipinski definition) is 1. The lowest BCUT2D eigenvalue weighted by molar-refractivity contribution is 0.255. The molecule has 18 heavy (non-hydrogen) atoms. The molecule has 2 rings (SSSR count). The zero-order chi connectivity index (χ0) is 13.3. The van der Waals surface area contributed by atoms with Crippen LogP contribution in [0.5, 0.6) is 0 Å². The minimum Gasteiger partial charge on any atom is -0.306 e. The fourth-order valence-electron chi connectivity index (χ4n) is 2.74. The van der Waals surface area contributed by atoms with Crippen molar-refractivity contribution < 1.29 is 4.39 Å². The molecule has 0 N–H and O–H groups in total. The van der Waals surface area contributed by atoms with Crippen molar-refractivity contribution in [1.82, 2.24) is 4.90 Å². The van der Waals surface area contributed by atoms with Gasteiger partial charge in [0.05, 0.1) is 0 Å². The van der Waals surface area contributed by atoms with Gasteiger partial charge in [0, 0.05) is 0 Å². The second-order valence-electron chi connectivity index (χ2n) is 6.57. The lowest BCUT2D eigenvalue weighted by Crippen LogP contribution is -2.29. The fourth-order valence-corrected chi connectivity index (χ4v) is 2.74. The third-order valence-corrected chi connectivity index (χ3v) is 3.99. The molecule has 0 atom stereocenters. The van der Waals surface area contributed by atoms with Gasteiger partial charge in [-0.1, -0.05) is 32.9 Å². The summed E-state index contributed by atoms with van der Waals surface area (Å²) < 4.78 is 14.2. The molecule has 1 aliphatic heterocycles. The van der Waals surface area contributed by atoms with Gasteiger partial charge in [-0.25, -0.2) is 4.39 Å². The van der Waals surface area contributed by atoms with E-state index in [0.29, 0.717) is 5.92 Å². The van der Waals surface area contributed by atoms with E-state index >= 15 is 0 Å². The zero-order valence-corrected chi connectivity index (χ0v) is 12.0. The fraction of sp³-hybridized carbons (Fsp3) is 0.625. The van der Waals surface area contributed by atoms with Crippen LogP contribution in [-0.2, 0) is 5.41 Å². The summed E-state index contributed by atoms with van der Waals surface area (Å²) in [4.78, 5) is 2.34. The molecule has 2 heteroatoms. The largest absolute Gasteiger partial charge is 0.306 e. The van der Waals surface area contributed by atoms with Crippen LogP contribution in [0.25, 0.3) is 0 Å². The van der Waals surface area contributed by atoms with Crippen LogP contribution in [0.4, 0.5) is 4.39 Å². The molecule has 0 amide bonds. The molecule has 1 saturated heterocycles. The Balaban J connectivity index is 2.19. The SMILES string of the molecule is CN1CCC(c2ccc(C(C)(C)C)c(F)c2)CC1. The lowest BCUT2D eigenvalue weighted by Gasteiger charge is -2.29. The molecule has 1 fully saturated rings. The normalized spacial score (nSPS) is 19.2. The van der Waals surface area contributed by atoms with E-state index in [4.69, 9.17) is 0 Å². The molecule has 0 spiro atoms. The zero-order valence-electron chi connectivity index (χ0n) is 12.0. The number of rotatable bonds is 1. The molecule has 1 aromatic rings. The topological polar surface area (TPSA) is 3.24 Å². The monoisotopic (exact) mass is 249 g/mol. The molecule has 1 aromatic carbocycles. The Hall–Kier alpha value is -0.890. The number of piperidine rings is 1. The van der Waals surface area contributed by atoms with Gasteiger partial charge in [0.25, 0.3) is 0 Å². The Morgan fingerprint density at radius 1 is 1.17 bits per heavy atom. The van der Waals surface area contributed by atoms with Crippen LogP contribution in [-0.4, -0.2) is 25.0 Å². The molecule has 0 aromatic heterocycles. The van der Waals surface area contributed by atoms with Crippen LogP contribution in [0.2, 0.25) is 0 Å². The van der Waals surface area contributed by atoms with E-state index in [9.17, 15) is 4.39 Å². The molecule has 0 aliphatic carbocycles. The van der Waals surface area contributed by atoms with Gasteiger partial charge in [0.1, 0.15) is 5.82 Å². The van der Waals surface area contributed by atoms with E-state index in [1.807, 2.05) is 6.07 Å². The van der Waals surface area contributed by atoms with Crippen molar-refractivity contribution in [2.45, 2.75) is 44.9 Å². The van der Waals surface area contributed by atoms with Crippen molar-refractivity contribution >= 4 is 0 Å². The highest BCUT2D eigenvalue weighted by Gasteiger charge is 2.22. The van der Waals surface area contributed by atoms with Crippen LogP contribution in [0, 0.1) is 5.82 Å². The first kappa shape index (κ1) is 13.5. The van der Waals surface area contributed by atoms with E-state index in [0.717, 1.165) is 31.5 Å². The molecule has 1 nitrogen and oxygen atoms in total. The van der Waals surface area contributed by atoms with Gasteiger partial charge < -0.3 is 4.90 Å². The number of likely N-dealkylation sites (tertiary alicyclic amines) is 1. The Morgan fingerprint density at radius 3 is 2.28 bits per heavy atom. The molecule has 0 unspecified atom stereocenters. The number of hydrogen-bond donors (Lipinski definition) is 0. The maximum atomic E-state index is 14.2. The van der Waals surface area contributed by atoms with Crippen molar-refractivity contribution in [3.63, 3.8) is 0 Å². The Morgan fingerprint density at radius 2 is 1.78 bits per heavy atom. The molecule has 0 bridgehead atoms. The third kappa shape index (κ3) is 2.92. The van der Waals surface area contributed by atoms with E-state index in [1.165, 1.54) is 5.56 Å². The van der Waals surface area contributed by atoms with Crippen LogP contribution in [0.1, 0.15) is 50.7 Å². The van der Waals surface area contributed by atoms with Gasteiger partial charge in [-0.3, -0.25) is 0 Å². The molecule has 0 saturated carbocycles. The smallest absolute Gasteiger partial charge is 0.127 e. The first-order valence-electron chi connectivity index (χ1n) is 6.86. The van der Waals surface area contributed by atoms with Crippen LogP contribution >= 0.6 is 0 Å². The highest BCUT2D eigenvalue weighted by atomic mass is 19.1. The molecule has 1 aliphatic rings. The first-order chi connectivity index (χ1) is 8.38. The van der Waals surface area contributed by atoms with E-state index in [-0.39, 0.29) is 11.2 Å².